The molecule has 0 amide bonds. The van der Waals surface area contributed by atoms with Gasteiger partial charge in [-0.05, 0) is 50.6 Å². The molecule has 6 nitrogen and oxygen atoms in total. The van der Waals surface area contributed by atoms with Gasteiger partial charge in [-0.15, -0.1) is 0 Å². The van der Waals surface area contributed by atoms with Crippen molar-refractivity contribution in [1.82, 2.24) is 25.3 Å². The number of aromatic nitrogens is 2. The third-order valence-corrected chi connectivity index (χ3v) is 5.86. The standard InChI is InChI=1S/C20H36N6/c1-21-20(22-11-6-14-26-15-7-12-24-26)23-16-19-10-5-13-25(19)17-18-8-3-2-4-9-18/h7,12,15,18-19H,2-6,8-11,13-14,16-17H2,1H3,(H2,21,22,23). The maximum Gasteiger partial charge on any atom is 0.191 e. The number of aryl methyl sites for hydroxylation is 1. The maximum atomic E-state index is 4.38. The van der Waals surface area contributed by atoms with Crippen molar-refractivity contribution in [2.45, 2.75) is 64.0 Å². The monoisotopic (exact) mass is 360 g/mol. The third kappa shape index (κ3) is 6.01. The Hall–Kier alpha value is -1.56. The van der Waals surface area contributed by atoms with Crippen LogP contribution in [0.2, 0.25) is 0 Å². The van der Waals surface area contributed by atoms with Gasteiger partial charge in [-0.2, -0.15) is 5.10 Å². The van der Waals surface area contributed by atoms with Gasteiger partial charge in [-0.3, -0.25) is 14.6 Å². The lowest BCUT2D eigenvalue weighted by atomic mass is 9.89. The average Bonchev–Trinajstić information content (AvgIpc) is 3.34. The van der Waals surface area contributed by atoms with Crippen molar-refractivity contribution in [3.63, 3.8) is 0 Å². The fourth-order valence-electron chi connectivity index (χ4n) is 4.38. The molecule has 1 aliphatic heterocycles. The van der Waals surface area contributed by atoms with E-state index in [1.165, 1.54) is 58.0 Å². The number of guanidine groups is 1. The molecule has 1 aliphatic carbocycles. The van der Waals surface area contributed by atoms with Crippen LogP contribution in [0.25, 0.3) is 0 Å². The number of rotatable bonds is 8. The first kappa shape index (κ1) is 19.2. The van der Waals surface area contributed by atoms with Crippen molar-refractivity contribution in [3.8, 4) is 0 Å². The molecule has 1 saturated heterocycles. The summed E-state index contributed by atoms with van der Waals surface area (Å²) < 4.78 is 1.97. The predicted octanol–water partition coefficient (Wildman–Crippen LogP) is 2.48. The number of nitrogens with one attached hydrogen (secondary N) is 2. The molecule has 1 saturated carbocycles. The Bertz CT molecular complexity index is 520. The summed E-state index contributed by atoms with van der Waals surface area (Å²) in [5.74, 6) is 1.86. The molecular weight excluding hydrogens is 324 g/mol. The van der Waals surface area contributed by atoms with Gasteiger partial charge in [0.15, 0.2) is 5.96 Å². The van der Waals surface area contributed by atoms with Crippen LogP contribution >= 0.6 is 0 Å². The van der Waals surface area contributed by atoms with Gasteiger partial charge in [0, 0.05) is 51.7 Å². The zero-order valence-corrected chi connectivity index (χ0v) is 16.4. The summed E-state index contributed by atoms with van der Waals surface area (Å²) in [7, 11) is 1.86. The van der Waals surface area contributed by atoms with E-state index in [-0.39, 0.29) is 0 Å². The lowest BCUT2D eigenvalue weighted by molar-refractivity contribution is 0.188. The summed E-state index contributed by atoms with van der Waals surface area (Å²) in [6, 6.07) is 2.63. The number of aliphatic imine (C=N–C) groups is 1. The highest BCUT2D eigenvalue weighted by molar-refractivity contribution is 5.79. The second-order valence-electron chi connectivity index (χ2n) is 7.80. The zero-order valence-electron chi connectivity index (χ0n) is 16.4. The molecule has 1 unspecified atom stereocenters. The lowest BCUT2D eigenvalue weighted by Crippen LogP contribution is -2.46. The molecule has 0 radical (unpaired) electrons. The smallest absolute Gasteiger partial charge is 0.191 e. The van der Waals surface area contributed by atoms with Crippen molar-refractivity contribution in [3.05, 3.63) is 18.5 Å². The molecule has 2 heterocycles. The Labute approximate surface area is 158 Å². The quantitative estimate of drug-likeness (QED) is 0.425. The van der Waals surface area contributed by atoms with Gasteiger partial charge < -0.3 is 10.6 Å². The van der Waals surface area contributed by atoms with E-state index < -0.39 is 0 Å². The molecule has 2 fully saturated rings. The highest BCUT2D eigenvalue weighted by Gasteiger charge is 2.27. The second kappa shape index (κ2) is 10.6. The van der Waals surface area contributed by atoms with Crippen molar-refractivity contribution in [2.75, 3.05) is 33.2 Å². The van der Waals surface area contributed by atoms with Gasteiger partial charge in [0.1, 0.15) is 0 Å². The van der Waals surface area contributed by atoms with Crippen LogP contribution in [-0.4, -0.2) is 59.9 Å². The molecule has 26 heavy (non-hydrogen) atoms. The van der Waals surface area contributed by atoms with Crippen molar-refractivity contribution >= 4 is 5.96 Å². The molecule has 2 N–H and O–H groups in total. The van der Waals surface area contributed by atoms with Crippen LogP contribution in [0.15, 0.2) is 23.5 Å². The van der Waals surface area contributed by atoms with E-state index in [1.807, 2.05) is 30.2 Å². The second-order valence-corrected chi connectivity index (χ2v) is 7.80. The summed E-state index contributed by atoms with van der Waals surface area (Å²) in [5.41, 5.74) is 0. The van der Waals surface area contributed by atoms with E-state index in [0.29, 0.717) is 6.04 Å². The molecule has 2 aliphatic rings. The Morgan fingerprint density at radius 2 is 2.04 bits per heavy atom. The van der Waals surface area contributed by atoms with Crippen LogP contribution in [0, 0.1) is 5.92 Å². The van der Waals surface area contributed by atoms with Crippen molar-refractivity contribution < 1.29 is 0 Å². The highest BCUT2D eigenvalue weighted by atomic mass is 15.3. The first-order valence-corrected chi connectivity index (χ1v) is 10.5. The molecule has 6 heteroatoms. The molecule has 0 bridgehead atoms. The highest BCUT2D eigenvalue weighted by Crippen LogP contribution is 2.27. The van der Waals surface area contributed by atoms with E-state index in [4.69, 9.17) is 0 Å². The Kier molecular flexibility index (Phi) is 7.80. The number of likely N-dealkylation sites (tertiary alicyclic amines) is 1. The minimum Gasteiger partial charge on any atom is -0.356 e. The molecule has 3 rings (SSSR count). The van der Waals surface area contributed by atoms with E-state index in [2.05, 4.69) is 25.6 Å². The molecule has 146 valence electrons. The van der Waals surface area contributed by atoms with Gasteiger partial charge in [0.25, 0.3) is 0 Å². The third-order valence-electron chi connectivity index (χ3n) is 5.86. The SMILES string of the molecule is CN=C(NCCCn1cccn1)NCC1CCCN1CC1CCCCC1. The molecule has 1 aromatic heterocycles. The summed E-state index contributed by atoms with van der Waals surface area (Å²) in [5, 5.41) is 11.2. The van der Waals surface area contributed by atoms with Crippen molar-refractivity contribution in [1.29, 1.82) is 0 Å². The average molecular weight is 361 g/mol. The first-order chi connectivity index (χ1) is 12.8. The van der Waals surface area contributed by atoms with Crippen LogP contribution in [0.3, 0.4) is 0 Å². The number of hydrogen-bond acceptors (Lipinski definition) is 3. The minimum atomic E-state index is 0.666. The van der Waals surface area contributed by atoms with E-state index in [1.54, 1.807) is 0 Å². The largest absolute Gasteiger partial charge is 0.356 e. The molecule has 0 spiro atoms. The molecular formula is C20H36N6. The van der Waals surface area contributed by atoms with Gasteiger partial charge in [-0.25, -0.2) is 0 Å². The molecule has 0 aromatic carbocycles. The van der Waals surface area contributed by atoms with E-state index in [9.17, 15) is 0 Å². The summed E-state index contributed by atoms with van der Waals surface area (Å²) in [6.45, 7) is 5.44. The van der Waals surface area contributed by atoms with Gasteiger partial charge in [0.05, 0.1) is 0 Å². The van der Waals surface area contributed by atoms with Gasteiger partial charge in [-0.1, -0.05) is 19.3 Å². The fraction of sp³-hybridized carbons (Fsp3) is 0.800. The van der Waals surface area contributed by atoms with Crippen LogP contribution in [-0.2, 0) is 6.54 Å². The lowest BCUT2D eigenvalue weighted by Gasteiger charge is -2.31. The Balaban J connectivity index is 1.34. The summed E-state index contributed by atoms with van der Waals surface area (Å²) in [4.78, 5) is 7.11. The van der Waals surface area contributed by atoms with Crippen LogP contribution in [0.1, 0.15) is 51.4 Å². The van der Waals surface area contributed by atoms with Crippen LogP contribution in [0.4, 0.5) is 0 Å². The Morgan fingerprint density at radius 3 is 2.81 bits per heavy atom. The fourth-order valence-corrected chi connectivity index (χ4v) is 4.38. The molecule has 1 aromatic rings. The zero-order chi connectivity index (χ0) is 18.0. The topological polar surface area (TPSA) is 57.5 Å². The summed E-state index contributed by atoms with van der Waals surface area (Å²) in [6.07, 6.45) is 14.7. The number of nitrogens with zero attached hydrogens (tertiary/aromatic N) is 4. The first-order valence-electron chi connectivity index (χ1n) is 10.5. The normalized spacial score (nSPS) is 22.7. The van der Waals surface area contributed by atoms with Gasteiger partial charge in [0.2, 0.25) is 0 Å². The summed E-state index contributed by atoms with van der Waals surface area (Å²) >= 11 is 0. The minimum absolute atomic E-state index is 0.666. The molecule has 1 atom stereocenters. The van der Waals surface area contributed by atoms with Crippen molar-refractivity contribution in [2.24, 2.45) is 10.9 Å². The number of hydrogen-bond donors (Lipinski definition) is 2. The van der Waals surface area contributed by atoms with E-state index in [0.717, 1.165) is 37.9 Å². The van der Waals surface area contributed by atoms with E-state index >= 15 is 0 Å². The van der Waals surface area contributed by atoms with Crippen LogP contribution < -0.4 is 10.6 Å². The Morgan fingerprint density at radius 1 is 1.15 bits per heavy atom. The predicted molar refractivity (Wildman–Crippen MR) is 107 cm³/mol. The maximum absolute atomic E-state index is 4.38. The van der Waals surface area contributed by atoms with Gasteiger partial charge >= 0.3 is 0 Å². The van der Waals surface area contributed by atoms with Crippen LogP contribution in [0.5, 0.6) is 0 Å².